The minimum absolute atomic E-state index is 0.0357. The third-order valence-corrected chi connectivity index (χ3v) is 4.64. The van der Waals surface area contributed by atoms with Crippen molar-refractivity contribution in [2.45, 2.75) is 12.8 Å². The van der Waals surface area contributed by atoms with Gasteiger partial charge in [-0.25, -0.2) is 4.79 Å². The number of ether oxygens (including phenoxy) is 1. The Balaban J connectivity index is 2.02. The van der Waals surface area contributed by atoms with Crippen molar-refractivity contribution in [3.05, 3.63) is 62.7 Å². The van der Waals surface area contributed by atoms with Crippen LogP contribution in [0.2, 0.25) is 0 Å². The van der Waals surface area contributed by atoms with Gasteiger partial charge < -0.3 is 9.64 Å². The van der Waals surface area contributed by atoms with Gasteiger partial charge >= 0.3 is 5.97 Å². The zero-order valence-corrected chi connectivity index (χ0v) is 14.9. The first-order valence-corrected chi connectivity index (χ1v) is 8.47. The summed E-state index contributed by atoms with van der Waals surface area (Å²) >= 11 is 2.20. The number of amides is 1. The molecule has 23 heavy (non-hydrogen) atoms. The molecule has 0 aromatic heterocycles. The van der Waals surface area contributed by atoms with Crippen molar-refractivity contribution in [3.8, 4) is 0 Å². The number of carbonyl (C=O) groups excluding carboxylic acids is 2. The lowest BCUT2D eigenvalue weighted by molar-refractivity contribution is 0.0599. The molecule has 1 aliphatic heterocycles. The molecule has 0 fully saturated rings. The van der Waals surface area contributed by atoms with E-state index in [1.54, 1.807) is 17.0 Å². The van der Waals surface area contributed by atoms with E-state index in [9.17, 15) is 9.59 Å². The van der Waals surface area contributed by atoms with Crippen molar-refractivity contribution in [1.82, 2.24) is 0 Å². The monoisotopic (exact) mass is 421 g/mol. The van der Waals surface area contributed by atoms with Crippen molar-refractivity contribution < 1.29 is 14.3 Å². The molecule has 2 aromatic carbocycles. The molecule has 0 spiro atoms. The van der Waals surface area contributed by atoms with E-state index in [1.807, 2.05) is 30.3 Å². The first kappa shape index (κ1) is 16.0. The summed E-state index contributed by atoms with van der Waals surface area (Å²) < 4.78 is 5.88. The Kier molecular flexibility index (Phi) is 4.66. The zero-order chi connectivity index (χ0) is 16.4. The van der Waals surface area contributed by atoms with Crippen molar-refractivity contribution >= 4 is 40.2 Å². The Hall–Kier alpha value is -1.89. The summed E-state index contributed by atoms with van der Waals surface area (Å²) in [4.78, 5) is 26.6. The van der Waals surface area contributed by atoms with Crippen LogP contribution in [0.1, 0.15) is 32.7 Å². The summed E-state index contributed by atoms with van der Waals surface area (Å²) in [6.45, 7) is 0.655. The van der Waals surface area contributed by atoms with Crippen LogP contribution in [0.3, 0.4) is 0 Å². The van der Waals surface area contributed by atoms with Crippen LogP contribution in [-0.4, -0.2) is 25.5 Å². The van der Waals surface area contributed by atoms with E-state index in [0.717, 1.165) is 27.7 Å². The van der Waals surface area contributed by atoms with Gasteiger partial charge in [-0.1, -0.05) is 12.1 Å². The summed E-state index contributed by atoms with van der Waals surface area (Å²) in [6.07, 6.45) is 1.60. The van der Waals surface area contributed by atoms with Crippen LogP contribution in [0.5, 0.6) is 0 Å². The molecule has 5 heteroatoms. The highest BCUT2D eigenvalue weighted by Crippen LogP contribution is 2.31. The van der Waals surface area contributed by atoms with Gasteiger partial charge in [-0.3, -0.25) is 4.79 Å². The molecule has 2 aromatic rings. The third-order valence-electron chi connectivity index (χ3n) is 3.97. The Morgan fingerprint density at radius 1 is 1.17 bits per heavy atom. The number of nitrogens with zero attached hydrogens (tertiary/aromatic N) is 1. The minimum atomic E-state index is -0.356. The second kappa shape index (κ2) is 6.70. The van der Waals surface area contributed by atoms with Gasteiger partial charge in [0.05, 0.1) is 12.7 Å². The molecule has 0 radical (unpaired) electrons. The lowest BCUT2D eigenvalue weighted by Gasteiger charge is -2.30. The van der Waals surface area contributed by atoms with Gasteiger partial charge in [-0.15, -0.1) is 0 Å². The van der Waals surface area contributed by atoms with Crippen LogP contribution in [0.4, 0.5) is 5.69 Å². The van der Waals surface area contributed by atoms with Gasteiger partial charge in [0.25, 0.3) is 5.91 Å². The topological polar surface area (TPSA) is 46.6 Å². The minimum Gasteiger partial charge on any atom is -0.465 e. The van der Waals surface area contributed by atoms with Gasteiger partial charge in [-0.05, 0) is 71.3 Å². The fraction of sp³-hybridized carbons (Fsp3) is 0.222. The molecule has 0 saturated carbocycles. The number of hydrogen-bond acceptors (Lipinski definition) is 3. The normalized spacial score (nSPS) is 13.4. The second-order valence-corrected chi connectivity index (χ2v) is 6.61. The number of halogens is 1. The number of rotatable bonds is 2. The zero-order valence-electron chi connectivity index (χ0n) is 12.7. The largest absolute Gasteiger partial charge is 0.465 e. The van der Waals surface area contributed by atoms with Gasteiger partial charge in [0, 0.05) is 21.4 Å². The van der Waals surface area contributed by atoms with Crippen molar-refractivity contribution in [2.75, 3.05) is 18.6 Å². The van der Waals surface area contributed by atoms with Gasteiger partial charge in [-0.2, -0.15) is 0 Å². The molecule has 0 bridgehead atoms. The highest BCUT2D eigenvalue weighted by Gasteiger charge is 2.27. The molecule has 3 rings (SSSR count). The third kappa shape index (κ3) is 3.10. The molecule has 0 N–H and O–H groups in total. The van der Waals surface area contributed by atoms with Crippen molar-refractivity contribution in [1.29, 1.82) is 0 Å². The Morgan fingerprint density at radius 3 is 2.70 bits per heavy atom. The van der Waals surface area contributed by atoms with Crippen LogP contribution in [-0.2, 0) is 11.2 Å². The van der Waals surface area contributed by atoms with Crippen LogP contribution in [0.15, 0.2) is 42.5 Å². The number of carbonyl (C=O) groups is 2. The fourth-order valence-electron chi connectivity index (χ4n) is 2.91. The Labute approximate surface area is 148 Å². The smallest absolute Gasteiger partial charge is 0.338 e. The maximum atomic E-state index is 12.9. The lowest BCUT2D eigenvalue weighted by Crippen LogP contribution is -2.36. The molecule has 118 valence electrons. The SMILES string of the molecule is COC(=O)c1cccc2c1CCCN2C(=O)c1cccc(I)c1. The fourth-order valence-corrected chi connectivity index (χ4v) is 3.46. The van der Waals surface area contributed by atoms with E-state index in [0.29, 0.717) is 17.7 Å². The van der Waals surface area contributed by atoms with Crippen molar-refractivity contribution in [2.24, 2.45) is 0 Å². The van der Waals surface area contributed by atoms with Gasteiger partial charge in [0.1, 0.15) is 0 Å². The predicted octanol–water partition coefficient (Wildman–Crippen LogP) is 3.67. The average Bonchev–Trinajstić information content (AvgIpc) is 2.59. The molecule has 1 heterocycles. The maximum Gasteiger partial charge on any atom is 0.338 e. The predicted molar refractivity (Wildman–Crippen MR) is 96.9 cm³/mol. The quantitative estimate of drug-likeness (QED) is 0.549. The Morgan fingerprint density at radius 2 is 1.96 bits per heavy atom. The van der Waals surface area contributed by atoms with Crippen LogP contribution >= 0.6 is 22.6 Å². The van der Waals surface area contributed by atoms with E-state index in [4.69, 9.17) is 4.74 Å². The molecule has 0 unspecified atom stereocenters. The number of fused-ring (bicyclic) bond motifs is 1. The number of benzene rings is 2. The summed E-state index contributed by atoms with van der Waals surface area (Å²) in [6, 6.07) is 13.0. The standard InChI is InChI=1S/C18H16INO3/c1-23-18(22)15-7-3-9-16-14(15)8-4-10-20(16)17(21)12-5-2-6-13(19)11-12/h2-3,5-7,9,11H,4,8,10H2,1H3. The molecule has 0 saturated heterocycles. The number of anilines is 1. The summed E-state index contributed by atoms with van der Waals surface area (Å²) in [5.74, 6) is -0.392. The summed E-state index contributed by atoms with van der Waals surface area (Å²) in [7, 11) is 1.37. The first-order chi connectivity index (χ1) is 11.1. The van der Waals surface area contributed by atoms with E-state index >= 15 is 0 Å². The molecular formula is C18H16INO3. The molecule has 0 aliphatic carbocycles. The van der Waals surface area contributed by atoms with Crippen molar-refractivity contribution in [3.63, 3.8) is 0 Å². The second-order valence-electron chi connectivity index (χ2n) is 5.37. The molecule has 0 atom stereocenters. The molecule has 4 nitrogen and oxygen atoms in total. The van der Waals surface area contributed by atoms with Crippen LogP contribution in [0, 0.1) is 3.57 Å². The summed E-state index contributed by atoms with van der Waals surface area (Å²) in [5.41, 5.74) is 2.91. The highest BCUT2D eigenvalue weighted by molar-refractivity contribution is 14.1. The molecular weight excluding hydrogens is 405 g/mol. The maximum absolute atomic E-state index is 12.9. The van der Waals surface area contributed by atoms with E-state index < -0.39 is 0 Å². The Bertz CT molecular complexity index is 773. The van der Waals surface area contributed by atoms with Crippen LogP contribution < -0.4 is 4.90 Å². The average molecular weight is 421 g/mol. The first-order valence-electron chi connectivity index (χ1n) is 7.39. The summed E-state index contributed by atoms with van der Waals surface area (Å²) in [5, 5.41) is 0. The molecule has 1 aliphatic rings. The number of esters is 1. The lowest BCUT2D eigenvalue weighted by atomic mass is 9.95. The van der Waals surface area contributed by atoms with E-state index in [-0.39, 0.29) is 11.9 Å². The highest BCUT2D eigenvalue weighted by atomic mass is 127. The number of methoxy groups -OCH3 is 1. The van der Waals surface area contributed by atoms with Gasteiger partial charge in [0.15, 0.2) is 0 Å². The number of hydrogen-bond donors (Lipinski definition) is 0. The van der Waals surface area contributed by atoms with E-state index in [2.05, 4.69) is 22.6 Å². The van der Waals surface area contributed by atoms with Crippen LogP contribution in [0.25, 0.3) is 0 Å². The van der Waals surface area contributed by atoms with E-state index in [1.165, 1.54) is 7.11 Å². The molecule has 1 amide bonds. The van der Waals surface area contributed by atoms with Gasteiger partial charge in [0.2, 0.25) is 0 Å².